The molecule has 0 spiro atoms. The van der Waals surface area contributed by atoms with Crippen molar-refractivity contribution in [1.82, 2.24) is 9.97 Å². The van der Waals surface area contributed by atoms with Gasteiger partial charge in [0.2, 0.25) is 0 Å². The molecular formula is C19H17ClF3N5O. The molecule has 0 amide bonds. The van der Waals surface area contributed by atoms with E-state index in [1.54, 1.807) is 12.1 Å². The van der Waals surface area contributed by atoms with Crippen molar-refractivity contribution in [3.05, 3.63) is 59.4 Å². The molecule has 0 bridgehead atoms. The van der Waals surface area contributed by atoms with Crippen molar-refractivity contribution < 1.29 is 17.9 Å². The van der Waals surface area contributed by atoms with E-state index in [4.69, 9.17) is 22.1 Å². The molecule has 10 heteroatoms. The molecule has 0 aliphatic rings. The van der Waals surface area contributed by atoms with Gasteiger partial charge in [0.05, 0.1) is 28.6 Å². The lowest BCUT2D eigenvalue weighted by atomic mass is 10.2. The molecule has 3 rings (SSSR count). The molecule has 3 aromatic rings. The second-order valence-corrected chi connectivity index (χ2v) is 6.26. The third-order valence-electron chi connectivity index (χ3n) is 3.87. The van der Waals surface area contributed by atoms with Crippen molar-refractivity contribution in [2.24, 2.45) is 0 Å². The van der Waals surface area contributed by atoms with Gasteiger partial charge in [0.15, 0.2) is 11.6 Å². The number of nitrogens with zero attached hydrogens (tertiary/aromatic N) is 2. The van der Waals surface area contributed by atoms with E-state index in [0.29, 0.717) is 18.0 Å². The lowest BCUT2D eigenvalue weighted by molar-refractivity contribution is -0.137. The van der Waals surface area contributed by atoms with Crippen LogP contribution in [0.2, 0.25) is 5.02 Å². The van der Waals surface area contributed by atoms with E-state index in [0.717, 1.165) is 18.2 Å². The van der Waals surface area contributed by atoms with Gasteiger partial charge >= 0.3 is 6.18 Å². The number of anilines is 5. The van der Waals surface area contributed by atoms with Crippen LogP contribution in [0.1, 0.15) is 12.5 Å². The third kappa shape index (κ3) is 4.80. The fourth-order valence-electron chi connectivity index (χ4n) is 2.50. The molecule has 29 heavy (non-hydrogen) atoms. The Kier molecular flexibility index (Phi) is 5.97. The first-order valence-corrected chi connectivity index (χ1v) is 8.90. The summed E-state index contributed by atoms with van der Waals surface area (Å²) in [6.07, 6.45) is -3.28. The highest BCUT2D eigenvalue weighted by Crippen LogP contribution is 2.37. The third-order valence-corrected chi connectivity index (χ3v) is 4.20. The van der Waals surface area contributed by atoms with Gasteiger partial charge in [-0.25, -0.2) is 9.97 Å². The summed E-state index contributed by atoms with van der Waals surface area (Å²) in [5.74, 6) is 0.971. The zero-order valence-electron chi connectivity index (χ0n) is 15.2. The van der Waals surface area contributed by atoms with Crippen LogP contribution in [-0.2, 0) is 6.18 Å². The number of hydrogen-bond donors (Lipinski definition) is 3. The second kappa shape index (κ2) is 8.44. The Labute approximate surface area is 169 Å². The Bertz CT molecular complexity index is 1010. The van der Waals surface area contributed by atoms with Crippen LogP contribution in [0, 0.1) is 0 Å². The monoisotopic (exact) mass is 423 g/mol. The molecule has 0 radical (unpaired) electrons. The number of alkyl halides is 3. The van der Waals surface area contributed by atoms with Crippen molar-refractivity contribution in [2.75, 3.05) is 23.0 Å². The molecule has 1 heterocycles. The first-order valence-electron chi connectivity index (χ1n) is 8.52. The van der Waals surface area contributed by atoms with Crippen LogP contribution in [-0.4, -0.2) is 16.6 Å². The molecule has 0 saturated carbocycles. The van der Waals surface area contributed by atoms with E-state index >= 15 is 0 Å². The van der Waals surface area contributed by atoms with Crippen molar-refractivity contribution in [3.8, 4) is 5.75 Å². The van der Waals surface area contributed by atoms with Crippen LogP contribution in [0.4, 0.5) is 41.9 Å². The summed E-state index contributed by atoms with van der Waals surface area (Å²) in [5, 5.41) is 5.88. The first-order chi connectivity index (χ1) is 13.8. The van der Waals surface area contributed by atoms with E-state index in [9.17, 15) is 13.2 Å². The number of benzene rings is 2. The SMILES string of the molecule is CCOc1ccccc1Nc1ncnc(Nc2cc(C(F)(F)F)ccc2Cl)c1N. The number of nitrogen functional groups attached to an aromatic ring is 1. The standard InChI is InChI=1S/C19H17ClF3N5O/c1-2-29-15-6-4-3-5-13(15)27-17-16(24)18(26-10-25-17)28-14-9-11(19(21,22)23)7-8-12(14)20/h3-10H,2,24H2,1H3,(H2,25,26,27,28). The molecule has 6 nitrogen and oxygen atoms in total. The predicted octanol–water partition coefficient (Wildman–Crippen LogP) is 5.62. The maximum atomic E-state index is 13.0. The molecule has 1 aromatic heterocycles. The Morgan fingerprint density at radius 1 is 1.03 bits per heavy atom. The fourth-order valence-corrected chi connectivity index (χ4v) is 2.66. The molecule has 0 unspecified atom stereocenters. The van der Waals surface area contributed by atoms with Gasteiger partial charge in [-0.3, -0.25) is 0 Å². The van der Waals surface area contributed by atoms with E-state index in [-0.39, 0.29) is 28.0 Å². The number of nitrogens with one attached hydrogen (secondary N) is 2. The van der Waals surface area contributed by atoms with Gasteiger partial charge in [0.25, 0.3) is 0 Å². The zero-order valence-corrected chi connectivity index (χ0v) is 16.0. The Hall–Kier alpha value is -3.20. The Morgan fingerprint density at radius 2 is 1.69 bits per heavy atom. The van der Waals surface area contributed by atoms with Crippen molar-refractivity contribution in [1.29, 1.82) is 0 Å². The smallest absolute Gasteiger partial charge is 0.416 e. The second-order valence-electron chi connectivity index (χ2n) is 5.86. The number of aromatic nitrogens is 2. The molecule has 0 atom stereocenters. The zero-order chi connectivity index (χ0) is 21.0. The Balaban J connectivity index is 1.91. The van der Waals surface area contributed by atoms with Gasteiger partial charge in [-0.05, 0) is 37.3 Å². The fraction of sp³-hybridized carbons (Fsp3) is 0.158. The molecule has 0 saturated heterocycles. The number of rotatable bonds is 6. The van der Waals surface area contributed by atoms with Crippen LogP contribution in [0.15, 0.2) is 48.8 Å². The van der Waals surface area contributed by atoms with Gasteiger partial charge in [0, 0.05) is 0 Å². The van der Waals surface area contributed by atoms with Crippen LogP contribution in [0.3, 0.4) is 0 Å². The minimum Gasteiger partial charge on any atom is -0.492 e. The van der Waals surface area contributed by atoms with Crippen LogP contribution >= 0.6 is 11.6 Å². The van der Waals surface area contributed by atoms with Crippen LogP contribution in [0.25, 0.3) is 0 Å². The van der Waals surface area contributed by atoms with Gasteiger partial charge in [-0.1, -0.05) is 23.7 Å². The van der Waals surface area contributed by atoms with E-state index in [1.165, 1.54) is 6.33 Å². The number of nitrogens with two attached hydrogens (primary N) is 1. The highest BCUT2D eigenvalue weighted by atomic mass is 35.5. The summed E-state index contributed by atoms with van der Waals surface area (Å²) in [5.41, 5.74) is 6.03. The van der Waals surface area contributed by atoms with Gasteiger partial charge in [-0.15, -0.1) is 0 Å². The molecule has 4 N–H and O–H groups in total. The minimum absolute atomic E-state index is 0.0209. The summed E-state index contributed by atoms with van der Waals surface area (Å²) < 4.78 is 44.5. The maximum Gasteiger partial charge on any atom is 0.416 e. The minimum atomic E-state index is -4.51. The van der Waals surface area contributed by atoms with E-state index in [2.05, 4.69) is 20.6 Å². The predicted molar refractivity (Wildman–Crippen MR) is 107 cm³/mol. The van der Waals surface area contributed by atoms with Gasteiger partial charge in [0.1, 0.15) is 17.8 Å². The summed E-state index contributed by atoms with van der Waals surface area (Å²) in [7, 11) is 0. The van der Waals surface area contributed by atoms with Crippen molar-refractivity contribution in [3.63, 3.8) is 0 Å². The highest BCUT2D eigenvalue weighted by Gasteiger charge is 2.31. The van der Waals surface area contributed by atoms with E-state index in [1.807, 2.05) is 19.1 Å². The normalized spacial score (nSPS) is 11.2. The lowest BCUT2D eigenvalue weighted by Crippen LogP contribution is -2.08. The molecule has 0 aliphatic heterocycles. The highest BCUT2D eigenvalue weighted by molar-refractivity contribution is 6.33. The molecule has 0 aliphatic carbocycles. The van der Waals surface area contributed by atoms with E-state index < -0.39 is 11.7 Å². The molecular weight excluding hydrogens is 407 g/mol. The number of para-hydroxylation sites is 2. The number of ether oxygens (including phenoxy) is 1. The number of hydrogen-bond acceptors (Lipinski definition) is 6. The topological polar surface area (TPSA) is 85.1 Å². The average molecular weight is 424 g/mol. The van der Waals surface area contributed by atoms with Gasteiger partial charge < -0.3 is 21.1 Å². The average Bonchev–Trinajstić information content (AvgIpc) is 2.67. The molecule has 0 fully saturated rings. The largest absolute Gasteiger partial charge is 0.492 e. The summed E-state index contributed by atoms with van der Waals surface area (Å²) in [6.45, 7) is 2.33. The number of halogens is 4. The summed E-state index contributed by atoms with van der Waals surface area (Å²) >= 11 is 6.03. The van der Waals surface area contributed by atoms with Crippen molar-refractivity contribution >= 4 is 40.3 Å². The Morgan fingerprint density at radius 3 is 2.34 bits per heavy atom. The lowest BCUT2D eigenvalue weighted by Gasteiger charge is -2.16. The molecule has 2 aromatic carbocycles. The maximum absolute atomic E-state index is 13.0. The summed E-state index contributed by atoms with van der Waals surface area (Å²) in [6, 6.07) is 10.1. The van der Waals surface area contributed by atoms with Crippen molar-refractivity contribution in [2.45, 2.75) is 13.1 Å². The van der Waals surface area contributed by atoms with Crippen LogP contribution < -0.4 is 21.1 Å². The van der Waals surface area contributed by atoms with Gasteiger partial charge in [-0.2, -0.15) is 13.2 Å². The van der Waals surface area contributed by atoms with Crippen LogP contribution in [0.5, 0.6) is 5.75 Å². The molecule has 152 valence electrons. The first kappa shape index (κ1) is 20.5. The summed E-state index contributed by atoms with van der Waals surface area (Å²) in [4.78, 5) is 8.11. The quantitative estimate of drug-likeness (QED) is 0.477.